The predicted octanol–water partition coefficient (Wildman–Crippen LogP) is 3.15. The minimum Gasteiger partial charge on any atom is -0.423 e. The molecule has 0 aliphatic heterocycles. The van der Waals surface area contributed by atoms with Gasteiger partial charge in [-0.05, 0) is 36.4 Å². The van der Waals surface area contributed by atoms with Crippen LogP contribution in [0.25, 0.3) is 11.0 Å². The van der Waals surface area contributed by atoms with Gasteiger partial charge < -0.3 is 8.60 Å². The Morgan fingerprint density at radius 2 is 1.84 bits per heavy atom. The van der Waals surface area contributed by atoms with Gasteiger partial charge in [-0.15, -0.1) is 0 Å². The van der Waals surface area contributed by atoms with Crippen LogP contribution in [0.5, 0.6) is 5.75 Å². The maximum atomic E-state index is 12.5. The number of fused-ring (bicyclic) bond motifs is 1. The summed E-state index contributed by atoms with van der Waals surface area (Å²) in [6.07, 6.45) is 0.232. The maximum Gasteiger partial charge on any atom is 0.339 e. The molecule has 0 fully saturated rings. The molecule has 0 atom stereocenters. The van der Waals surface area contributed by atoms with Crippen LogP contribution in [0.4, 0.5) is 0 Å². The number of hydrogen-bond donors (Lipinski definition) is 0. The monoisotopic (exact) mass is 358 g/mol. The molecule has 3 aromatic rings. The second-order valence-corrected chi connectivity index (χ2v) is 6.81. The molecular formula is C18H14O6S. The molecule has 1 aromatic heterocycles. The molecule has 6 nitrogen and oxygen atoms in total. The lowest BCUT2D eigenvalue weighted by atomic mass is 10.1. The Kier molecular flexibility index (Phi) is 4.41. The molecule has 0 radical (unpaired) electrons. The molecule has 7 heteroatoms. The Morgan fingerprint density at radius 3 is 2.60 bits per heavy atom. The van der Waals surface area contributed by atoms with Crippen LogP contribution in [-0.2, 0) is 10.1 Å². The van der Waals surface area contributed by atoms with Gasteiger partial charge in [0, 0.05) is 17.9 Å². The summed E-state index contributed by atoms with van der Waals surface area (Å²) < 4.78 is 35.2. The summed E-state index contributed by atoms with van der Waals surface area (Å²) in [4.78, 5) is 23.0. The second-order valence-electron chi connectivity index (χ2n) is 5.26. The lowest BCUT2D eigenvalue weighted by Gasteiger charge is -2.10. The SMILES string of the molecule is CCC(=O)c1ccccc1OS(=O)(=O)c1ccc2oc(=O)ccc2c1. The molecule has 128 valence electrons. The first-order chi connectivity index (χ1) is 11.9. The number of para-hydroxylation sites is 1. The third kappa shape index (κ3) is 3.46. The van der Waals surface area contributed by atoms with Gasteiger partial charge in [0.15, 0.2) is 11.5 Å². The van der Waals surface area contributed by atoms with Crippen molar-refractivity contribution in [2.45, 2.75) is 18.2 Å². The molecule has 3 rings (SSSR count). The zero-order valence-corrected chi connectivity index (χ0v) is 14.1. The molecule has 1 heterocycles. The third-order valence-corrected chi connectivity index (χ3v) is 4.82. The van der Waals surface area contributed by atoms with Crippen molar-refractivity contribution >= 4 is 26.9 Å². The van der Waals surface area contributed by atoms with Crippen molar-refractivity contribution in [2.24, 2.45) is 0 Å². The van der Waals surface area contributed by atoms with E-state index in [1.807, 2.05) is 0 Å². The molecule has 0 bridgehead atoms. The van der Waals surface area contributed by atoms with Crippen molar-refractivity contribution in [3.8, 4) is 5.75 Å². The quantitative estimate of drug-likeness (QED) is 0.395. The van der Waals surface area contributed by atoms with E-state index in [4.69, 9.17) is 8.60 Å². The van der Waals surface area contributed by atoms with Gasteiger partial charge >= 0.3 is 15.7 Å². The van der Waals surface area contributed by atoms with E-state index in [2.05, 4.69) is 0 Å². The number of Topliss-reactive ketones (excluding diaryl/α,β-unsaturated/α-hetero) is 1. The first-order valence-corrected chi connectivity index (χ1v) is 8.92. The van der Waals surface area contributed by atoms with Gasteiger partial charge in [0.1, 0.15) is 10.5 Å². The molecule has 0 aliphatic rings. The fourth-order valence-electron chi connectivity index (χ4n) is 2.33. The van der Waals surface area contributed by atoms with E-state index in [9.17, 15) is 18.0 Å². The fraction of sp³-hybridized carbons (Fsp3) is 0.111. The Hall–Kier alpha value is -2.93. The number of carbonyl (C=O) groups excluding carboxylic acids is 1. The summed E-state index contributed by atoms with van der Waals surface area (Å²) in [5, 5.41) is 0.446. The molecule has 0 saturated carbocycles. The van der Waals surface area contributed by atoms with Gasteiger partial charge in [0.2, 0.25) is 0 Å². The van der Waals surface area contributed by atoms with Gasteiger partial charge in [0.05, 0.1) is 5.56 Å². The van der Waals surface area contributed by atoms with Gasteiger partial charge in [-0.3, -0.25) is 4.79 Å². The average molecular weight is 358 g/mol. The zero-order valence-electron chi connectivity index (χ0n) is 13.3. The number of carbonyl (C=O) groups is 1. The van der Waals surface area contributed by atoms with E-state index in [-0.39, 0.29) is 34.0 Å². The normalized spacial score (nSPS) is 11.4. The highest BCUT2D eigenvalue weighted by Gasteiger charge is 2.21. The van der Waals surface area contributed by atoms with Crippen LogP contribution in [0.3, 0.4) is 0 Å². The average Bonchev–Trinajstić information content (AvgIpc) is 2.60. The Morgan fingerprint density at radius 1 is 1.08 bits per heavy atom. The van der Waals surface area contributed by atoms with Crippen LogP contribution in [-0.4, -0.2) is 14.2 Å². The molecule has 0 spiro atoms. The minimum atomic E-state index is -4.15. The van der Waals surface area contributed by atoms with E-state index >= 15 is 0 Å². The van der Waals surface area contributed by atoms with Crippen LogP contribution in [0.2, 0.25) is 0 Å². The maximum absolute atomic E-state index is 12.5. The first-order valence-electron chi connectivity index (χ1n) is 7.51. The highest BCUT2D eigenvalue weighted by Crippen LogP contribution is 2.25. The van der Waals surface area contributed by atoms with Gasteiger partial charge in [-0.1, -0.05) is 19.1 Å². The summed E-state index contributed by atoms with van der Waals surface area (Å²) in [7, 11) is -4.15. The van der Waals surface area contributed by atoms with E-state index in [0.29, 0.717) is 5.39 Å². The molecule has 25 heavy (non-hydrogen) atoms. The molecule has 0 saturated heterocycles. The first kappa shape index (κ1) is 16.9. The lowest BCUT2D eigenvalue weighted by molar-refractivity contribution is 0.0986. The zero-order chi connectivity index (χ0) is 18.0. The summed E-state index contributed by atoms with van der Waals surface area (Å²) in [6, 6.07) is 12.9. The van der Waals surface area contributed by atoms with Gasteiger partial charge in [-0.25, -0.2) is 4.79 Å². The number of benzene rings is 2. The lowest BCUT2D eigenvalue weighted by Crippen LogP contribution is -2.12. The van der Waals surface area contributed by atoms with Crippen molar-refractivity contribution in [2.75, 3.05) is 0 Å². The van der Waals surface area contributed by atoms with E-state index in [0.717, 1.165) is 0 Å². The van der Waals surface area contributed by atoms with Crippen LogP contribution in [0.15, 0.2) is 68.7 Å². The Balaban J connectivity index is 2.02. The van der Waals surface area contributed by atoms with E-state index in [1.54, 1.807) is 19.1 Å². The Labute approximate surface area is 143 Å². The molecule has 2 aromatic carbocycles. The summed E-state index contributed by atoms with van der Waals surface area (Å²) >= 11 is 0. The van der Waals surface area contributed by atoms with E-state index in [1.165, 1.54) is 42.5 Å². The smallest absolute Gasteiger partial charge is 0.339 e. The molecule has 0 unspecified atom stereocenters. The highest BCUT2D eigenvalue weighted by molar-refractivity contribution is 7.87. The number of hydrogen-bond acceptors (Lipinski definition) is 6. The highest BCUT2D eigenvalue weighted by atomic mass is 32.2. The minimum absolute atomic E-state index is 0.0194. The van der Waals surface area contributed by atoms with Crippen LogP contribution in [0, 0.1) is 0 Å². The van der Waals surface area contributed by atoms with E-state index < -0.39 is 15.7 Å². The standard InChI is InChI=1S/C18H14O6S/c1-2-15(19)14-5-3-4-6-17(14)24-25(21,22)13-8-9-16-12(11-13)7-10-18(20)23-16/h3-11H,2H2,1H3. The van der Waals surface area contributed by atoms with Crippen molar-refractivity contribution in [1.82, 2.24) is 0 Å². The summed E-state index contributed by atoms with van der Waals surface area (Å²) in [6.45, 7) is 1.69. The topological polar surface area (TPSA) is 90.7 Å². The van der Waals surface area contributed by atoms with Crippen LogP contribution in [0.1, 0.15) is 23.7 Å². The molecular weight excluding hydrogens is 344 g/mol. The van der Waals surface area contributed by atoms with Crippen molar-refractivity contribution in [3.05, 3.63) is 70.6 Å². The van der Waals surface area contributed by atoms with Crippen molar-refractivity contribution in [1.29, 1.82) is 0 Å². The largest absolute Gasteiger partial charge is 0.423 e. The van der Waals surface area contributed by atoms with Crippen molar-refractivity contribution < 1.29 is 21.8 Å². The molecule has 0 aliphatic carbocycles. The predicted molar refractivity (Wildman–Crippen MR) is 91.4 cm³/mol. The van der Waals surface area contributed by atoms with Gasteiger partial charge in [-0.2, -0.15) is 8.42 Å². The van der Waals surface area contributed by atoms with Crippen LogP contribution < -0.4 is 9.81 Å². The summed E-state index contributed by atoms with van der Waals surface area (Å²) in [5.41, 5.74) is -0.0419. The molecule has 0 amide bonds. The second kappa shape index (κ2) is 6.52. The summed E-state index contributed by atoms with van der Waals surface area (Å²) in [5.74, 6) is -0.236. The number of ketones is 1. The molecule has 0 N–H and O–H groups in total. The number of rotatable bonds is 5. The van der Waals surface area contributed by atoms with Crippen LogP contribution >= 0.6 is 0 Å². The third-order valence-electron chi connectivity index (χ3n) is 3.59. The van der Waals surface area contributed by atoms with Gasteiger partial charge in [0.25, 0.3) is 0 Å². The Bertz CT molecular complexity index is 1110. The fourth-order valence-corrected chi connectivity index (χ4v) is 3.32. The van der Waals surface area contributed by atoms with Crippen molar-refractivity contribution in [3.63, 3.8) is 0 Å².